The maximum atomic E-state index is 13.7. The first-order chi connectivity index (χ1) is 15.6. The van der Waals surface area contributed by atoms with Crippen LogP contribution in [0.2, 0.25) is 0 Å². The molecule has 2 fully saturated rings. The number of carbonyl (C=O) groups is 1. The van der Waals surface area contributed by atoms with Crippen molar-refractivity contribution in [3.8, 4) is 5.75 Å². The predicted molar refractivity (Wildman–Crippen MR) is 123 cm³/mol. The third-order valence-electron chi connectivity index (χ3n) is 6.60. The van der Waals surface area contributed by atoms with Crippen LogP contribution in [0.3, 0.4) is 0 Å². The zero-order valence-electron chi connectivity index (χ0n) is 18.9. The predicted octanol–water partition coefficient (Wildman–Crippen LogP) is 3.57. The third-order valence-corrected chi connectivity index (χ3v) is 6.60. The van der Waals surface area contributed by atoms with Crippen molar-refractivity contribution in [2.75, 3.05) is 51.3 Å². The fraction of sp³-hybridized carbons (Fsp3) is 0.520. The summed E-state index contributed by atoms with van der Waals surface area (Å²) in [6.45, 7) is 6.01. The molecule has 2 aliphatic rings. The summed E-state index contributed by atoms with van der Waals surface area (Å²) in [4.78, 5) is 23.9. The van der Waals surface area contributed by atoms with Gasteiger partial charge in [0.2, 0.25) is 5.91 Å². The zero-order chi connectivity index (χ0) is 22.3. The number of piperazine rings is 1. The van der Waals surface area contributed by atoms with Crippen LogP contribution in [0.1, 0.15) is 31.2 Å². The number of anilines is 1. The van der Waals surface area contributed by atoms with Crippen molar-refractivity contribution in [1.29, 1.82) is 0 Å². The van der Waals surface area contributed by atoms with E-state index >= 15 is 0 Å². The number of carbonyl (C=O) groups excluding carboxylic acids is 1. The van der Waals surface area contributed by atoms with Crippen LogP contribution in [0.5, 0.6) is 5.75 Å². The molecule has 2 saturated heterocycles. The molecule has 2 aromatic rings. The van der Waals surface area contributed by atoms with Crippen LogP contribution in [0.15, 0.2) is 42.6 Å². The van der Waals surface area contributed by atoms with E-state index in [0.717, 1.165) is 70.0 Å². The van der Waals surface area contributed by atoms with Gasteiger partial charge in [0, 0.05) is 51.9 Å². The molecule has 0 aliphatic carbocycles. The molecule has 1 aromatic heterocycles. The summed E-state index contributed by atoms with van der Waals surface area (Å²) in [7, 11) is 1.49. The normalized spacial score (nSPS) is 19.8. The number of benzene rings is 1. The molecule has 7 heteroatoms. The second-order valence-electron chi connectivity index (χ2n) is 8.81. The minimum absolute atomic E-state index is 0.270. The van der Waals surface area contributed by atoms with Crippen LogP contribution in [0.4, 0.5) is 10.2 Å². The number of rotatable bonds is 7. The summed E-state index contributed by atoms with van der Waals surface area (Å²) in [6, 6.07) is 11.0. The highest BCUT2D eigenvalue weighted by molar-refractivity contribution is 5.76. The molecule has 172 valence electrons. The first-order valence-corrected chi connectivity index (χ1v) is 11.6. The Morgan fingerprint density at radius 1 is 1.16 bits per heavy atom. The number of hydrogen-bond donors (Lipinski definition) is 0. The van der Waals surface area contributed by atoms with Gasteiger partial charge in [-0.25, -0.2) is 9.37 Å². The summed E-state index contributed by atoms with van der Waals surface area (Å²) < 4.78 is 18.8. The van der Waals surface area contributed by atoms with Crippen molar-refractivity contribution >= 4 is 11.7 Å². The Morgan fingerprint density at radius 2 is 2.00 bits per heavy atom. The molecule has 1 unspecified atom stereocenters. The van der Waals surface area contributed by atoms with E-state index in [-0.39, 0.29) is 11.7 Å². The van der Waals surface area contributed by atoms with Gasteiger partial charge in [-0.3, -0.25) is 9.69 Å². The Balaban J connectivity index is 1.21. The number of nitrogens with zero attached hydrogens (tertiary/aromatic N) is 4. The topological polar surface area (TPSA) is 48.9 Å². The minimum Gasteiger partial charge on any atom is -0.494 e. The second-order valence-corrected chi connectivity index (χ2v) is 8.81. The Kier molecular flexibility index (Phi) is 7.58. The van der Waals surface area contributed by atoms with Crippen molar-refractivity contribution < 1.29 is 13.9 Å². The van der Waals surface area contributed by atoms with Crippen LogP contribution in [-0.4, -0.2) is 67.1 Å². The van der Waals surface area contributed by atoms with Crippen molar-refractivity contribution in [2.24, 2.45) is 5.92 Å². The van der Waals surface area contributed by atoms with Crippen LogP contribution in [0, 0.1) is 11.7 Å². The Bertz CT molecular complexity index is 887. The molecule has 6 nitrogen and oxygen atoms in total. The van der Waals surface area contributed by atoms with Crippen LogP contribution in [-0.2, 0) is 11.3 Å². The number of hydrogen-bond acceptors (Lipinski definition) is 5. The second kappa shape index (κ2) is 10.8. The van der Waals surface area contributed by atoms with Gasteiger partial charge in [-0.2, -0.15) is 0 Å². The summed E-state index contributed by atoms with van der Waals surface area (Å²) in [5, 5.41) is 0. The van der Waals surface area contributed by atoms with E-state index in [0.29, 0.717) is 18.1 Å². The zero-order valence-corrected chi connectivity index (χ0v) is 18.9. The van der Waals surface area contributed by atoms with Gasteiger partial charge in [-0.15, -0.1) is 0 Å². The van der Waals surface area contributed by atoms with E-state index in [1.807, 2.05) is 35.4 Å². The summed E-state index contributed by atoms with van der Waals surface area (Å²) >= 11 is 0. The molecule has 32 heavy (non-hydrogen) atoms. The number of likely N-dealkylation sites (tertiary alicyclic amines) is 1. The smallest absolute Gasteiger partial charge is 0.222 e. The molecule has 2 aliphatic heterocycles. The first kappa shape index (κ1) is 22.5. The molecule has 1 amide bonds. The van der Waals surface area contributed by atoms with Gasteiger partial charge in [0.15, 0.2) is 11.6 Å². The highest BCUT2D eigenvalue weighted by Crippen LogP contribution is 2.25. The molecule has 0 N–H and O–H groups in total. The monoisotopic (exact) mass is 440 g/mol. The fourth-order valence-corrected chi connectivity index (χ4v) is 4.80. The van der Waals surface area contributed by atoms with Gasteiger partial charge < -0.3 is 14.5 Å². The van der Waals surface area contributed by atoms with Crippen LogP contribution >= 0.6 is 0 Å². The van der Waals surface area contributed by atoms with E-state index in [9.17, 15) is 9.18 Å². The SMILES string of the molecule is COc1cc(CN2CCCC(CCC(=O)N3CCN(c4ccccn4)CC3)C2)ccc1F. The lowest BCUT2D eigenvalue weighted by molar-refractivity contribution is -0.131. The van der Waals surface area contributed by atoms with E-state index in [4.69, 9.17) is 4.74 Å². The lowest BCUT2D eigenvalue weighted by Gasteiger charge is -2.36. The first-order valence-electron chi connectivity index (χ1n) is 11.6. The average molecular weight is 441 g/mol. The molecule has 0 saturated carbocycles. The van der Waals surface area contributed by atoms with E-state index in [1.165, 1.54) is 19.6 Å². The van der Waals surface area contributed by atoms with Gasteiger partial charge in [-0.05, 0) is 61.6 Å². The number of pyridine rings is 1. The average Bonchev–Trinajstić information content (AvgIpc) is 2.84. The number of ether oxygens (including phenoxy) is 1. The molecule has 3 heterocycles. The maximum Gasteiger partial charge on any atom is 0.222 e. The molecule has 0 bridgehead atoms. The fourth-order valence-electron chi connectivity index (χ4n) is 4.80. The number of halogens is 1. The summed E-state index contributed by atoms with van der Waals surface area (Å²) in [6.07, 6.45) is 5.67. The van der Waals surface area contributed by atoms with Gasteiger partial charge in [-0.1, -0.05) is 12.1 Å². The molecule has 1 atom stereocenters. The number of aromatic nitrogens is 1. The maximum absolute atomic E-state index is 13.7. The molecular formula is C25H33FN4O2. The van der Waals surface area contributed by atoms with Crippen molar-refractivity contribution in [3.63, 3.8) is 0 Å². The quantitative estimate of drug-likeness (QED) is 0.659. The lowest BCUT2D eigenvalue weighted by Crippen LogP contribution is -2.49. The van der Waals surface area contributed by atoms with Crippen molar-refractivity contribution in [2.45, 2.75) is 32.2 Å². The van der Waals surface area contributed by atoms with Gasteiger partial charge in [0.1, 0.15) is 5.82 Å². The van der Waals surface area contributed by atoms with E-state index in [1.54, 1.807) is 6.07 Å². The summed E-state index contributed by atoms with van der Waals surface area (Å²) in [5.41, 5.74) is 1.06. The van der Waals surface area contributed by atoms with Gasteiger partial charge in [0.25, 0.3) is 0 Å². The third kappa shape index (κ3) is 5.76. The summed E-state index contributed by atoms with van der Waals surface area (Å²) in [5.74, 6) is 1.76. The lowest BCUT2D eigenvalue weighted by atomic mass is 9.92. The van der Waals surface area contributed by atoms with Gasteiger partial charge in [0.05, 0.1) is 7.11 Å². The molecular weight excluding hydrogens is 407 g/mol. The van der Waals surface area contributed by atoms with Crippen LogP contribution in [0.25, 0.3) is 0 Å². The van der Waals surface area contributed by atoms with Crippen molar-refractivity contribution in [3.05, 3.63) is 54.0 Å². The van der Waals surface area contributed by atoms with Crippen molar-refractivity contribution in [1.82, 2.24) is 14.8 Å². The molecule has 1 aromatic carbocycles. The molecule has 4 rings (SSSR count). The largest absolute Gasteiger partial charge is 0.494 e. The number of piperidine rings is 1. The standard InChI is InChI=1S/C25H33FN4O2/c1-32-23-17-21(7-9-22(23)26)19-28-12-4-5-20(18-28)8-10-25(31)30-15-13-29(14-16-30)24-6-2-3-11-27-24/h2-3,6-7,9,11,17,20H,4-5,8,10,12-16,18-19H2,1H3. The Labute approximate surface area is 190 Å². The van der Waals surface area contributed by atoms with E-state index < -0.39 is 0 Å². The minimum atomic E-state index is -0.327. The number of methoxy groups -OCH3 is 1. The Morgan fingerprint density at radius 3 is 2.75 bits per heavy atom. The highest BCUT2D eigenvalue weighted by atomic mass is 19.1. The molecule has 0 spiro atoms. The molecule has 0 radical (unpaired) electrons. The highest BCUT2D eigenvalue weighted by Gasteiger charge is 2.25. The number of amides is 1. The Hall–Kier alpha value is -2.67. The van der Waals surface area contributed by atoms with Crippen LogP contribution < -0.4 is 9.64 Å². The van der Waals surface area contributed by atoms with Gasteiger partial charge >= 0.3 is 0 Å². The van der Waals surface area contributed by atoms with E-state index in [2.05, 4.69) is 14.8 Å².